The number of aliphatic hydroxyl groups excluding tert-OH is 3. The number of hydrogen-bond donors (Lipinski definition) is 3. The number of ether oxygens (including phenoxy) is 1. The minimum absolute atomic E-state index is 0.0538. The van der Waals surface area contributed by atoms with Crippen LogP contribution in [0.4, 0.5) is 0 Å². The lowest BCUT2D eigenvalue weighted by molar-refractivity contribution is -0.124. The van der Waals surface area contributed by atoms with Gasteiger partial charge in [-0.15, -0.1) is 0 Å². The van der Waals surface area contributed by atoms with E-state index in [4.69, 9.17) is 15.3 Å². The van der Waals surface area contributed by atoms with Crippen LogP contribution in [0.1, 0.15) is 0 Å². The van der Waals surface area contributed by atoms with Gasteiger partial charge in [0.05, 0.1) is 6.61 Å². The molecule has 3 atom stereocenters. The van der Waals surface area contributed by atoms with Gasteiger partial charge in [-0.1, -0.05) is 0 Å². The summed E-state index contributed by atoms with van der Waals surface area (Å²) in [6, 6.07) is 0. The van der Waals surface area contributed by atoms with E-state index in [1.165, 1.54) is 0 Å². The van der Waals surface area contributed by atoms with Crippen LogP contribution < -0.4 is 0 Å². The number of aliphatic hydroxyl groups is 3. The van der Waals surface area contributed by atoms with Crippen molar-refractivity contribution in [2.45, 2.75) is 18.3 Å². The molecule has 4 heteroatoms. The Morgan fingerprint density at radius 1 is 1.33 bits per heavy atom. The topological polar surface area (TPSA) is 69.9 Å². The standard InChI is InChI=1S/C5H9O4/c6-3-1-9-2-4(7)5(3)8/h1,3-8H,2H2/t3-,4+,5-/m1/s1. The molecule has 0 aromatic rings. The molecule has 1 rings (SSSR count). The van der Waals surface area contributed by atoms with E-state index in [2.05, 4.69) is 4.74 Å². The van der Waals surface area contributed by atoms with Crippen molar-refractivity contribution in [2.24, 2.45) is 0 Å². The molecular formula is C5H9O4. The predicted molar refractivity (Wildman–Crippen MR) is 28.3 cm³/mol. The minimum atomic E-state index is -1.10. The zero-order valence-corrected chi connectivity index (χ0v) is 4.77. The quantitative estimate of drug-likeness (QED) is 0.367. The summed E-state index contributed by atoms with van der Waals surface area (Å²) in [4.78, 5) is 0. The van der Waals surface area contributed by atoms with Crippen LogP contribution in [0, 0.1) is 6.61 Å². The average Bonchev–Trinajstić information content (AvgIpc) is 1.83. The lowest BCUT2D eigenvalue weighted by Gasteiger charge is -2.27. The second-order valence-electron chi connectivity index (χ2n) is 2.02. The van der Waals surface area contributed by atoms with Crippen LogP contribution >= 0.6 is 0 Å². The molecule has 9 heavy (non-hydrogen) atoms. The van der Waals surface area contributed by atoms with Crippen molar-refractivity contribution >= 4 is 0 Å². The van der Waals surface area contributed by atoms with Gasteiger partial charge in [0.15, 0.2) is 0 Å². The Bertz CT molecular complexity index is 85.0. The van der Waals surface area contributed by atoms with Crippen LogP contribution in [-0.4, -0.2) is 40.2 Å². The summed E-state index contributed by atoms with van der Waals surface area (Å²) in [5.41, 5.74) is 0. The maximum Gasteiger partial charge on any atom is 0.115 e. The predicted octanol–water partition coefficient (Wildman–Crippen LogP) is -1.74. The van der Waals surface area contributed by atoms with Gasteiger partial charge in [-0.2, -0.15) is 0 Å². The average molecular weight is 133 g/mol. The van der Waals surface area contributed by atoms with Crippen LogP contribution in [0.25, 0.3) is 0 Å². The Morgan fingerprint density at radius 3 is 2.44 bits per heavy atom. The van der Waals surface area contributed by atoms with Gasteiger partial charge in [0, 0.05) is 0 Å². The molecule has 3 N–H and O–H groups in total. The summed E-state index contributed by atoms with van der Waals surface area (Å²) in [5.74, 6) is 0. The van der Waals surface area contributed by atoms with Gasteiger partial charge < -0.3 is 20.1 Å². The highest BCUT2D eigenvalue weighted by molar-refractivity contribution is 4.85. The molecule has 0 unspecified atom stereocenters. The molecule has 4 nitrogen and oxygen atoms in total. The number of hydrogen-bond acceptors (Lipinski definition) is 4. The van der Waals surface area contributed by atoms with E-state index in [1.807, 2.05) is 0 Å². The van der Waals surface area contributed by atoms with Gasteiger partial charge in [0.1, 0.15) is 24.9 Å². The molecule has 53 valence electrons. The zero-order valence-electron chi connectivity index (χ0n) is 4.77. The van der Waals surface area contributed by atoms with Gasteiger partial charge in [-0.25, -0.2) is 0 Å². The summed E-state index contributed by atoms with van der Waals surface area (Å²) in [6.45, 7) is 1.16. The molecule has 1 heterocycles. The van der Waals surface area contributed by atoms with Crippen LogP contribution in [0.3, 0.4) is 0 Å². The van der Waals surface area contributed by atoms with E-state index >= 15 is 0 Å². The van der Waals surface area contributed by atoms with Crippen molar-refractivity contribution in [3.05, 3.63) is 6.61 Å². The molecule has 1 fully saturated rings. The minimum Gasteiger partial charge on any atom is -0.388 e. The van der Waals surface area contributed by atoms with Gasteiger partial charge >= 0.3 is 0 Å². The third-order valence-electron chi connectivity index (χ3n) is 1.25. The van der Waals surface area contributed by atoms with Crippen molar-refractivity contribution in [1.29, 1.82) is 0 Å². The Balaban J connectivity index is 2.41. The summed E-state index contributed by atoms with van der Waals surface area (Å²) >= 11 is 0. The van der Waals surface area contributed by atoms with Crippen LogP contribution in [-0.2, 0) is 4.74 Å². The first-order valence-corrected chi connectivity index (χ1v) is 2.71. The van der Waals surface area contributed by atoms with E-state index in [9.17, 15) is 0 Å². The van der Waals surface area contributed by atoms with Crippen molar-refractivity contribution in [3.8, 4) is 0 Å². The summed E-state index contributed by atoms with van der Waals surface area (Å²) in [7, 11) is 0. The Morgan fingerprint density at radius 2 is 2.00 bits per heavy atom. The Labute approximate surface area is 52.7 Å². The van der Waals surface area contributed by atoms with E-state index in [1.54, 1.807) is 0 Å². The third kappa shape index (κ3) is 1.40. The van der Waals surface area contributed by atoms with Crippen molar-refractivity contribution < 1.29 is 20.1 Å². The van der Waals surface area contributed by atoms with Crippen LogP contribution in [0.5, 0.6) is 0 Å². The molecule has 0 aromatic heterocycles. The smallest absolute Gasteiger partial charge is 0.115 e. The summed E-state index contributed by atoms with van der Waals surface area (Å²) < 4.78 is 4.58. The first-order chi connectivity index (χ1) is 4.22. The van der Waals surface area contributed by atoms with Gasteiger partial charge in [0.25, 0.3) is 0 Å². The number of rotatable bonds is 0. The molecule has 1 aliphatic heterocycles. The van der Waals surface area contributed by atoms with E-state index in [-0.39, 0.29) is 6.61 Å². The molecule has 1 radical (unpaired) electrons. The molecule has 0 aromatic carbocycles. The highest BCUT2D eigenvalue weighted by Gasteiger charge is 2.29. The van der Waals surface area contributed by atoms with E-state index < -0.39 is 18.3 Å². The van der Waals surface area contributed by atoms with E-state index in [0.29, 0.717) is 0 Å². The highest BCUT2D eigenvalue weighted by Crippen LogP contribution is 2.10. The van der Waals surface area contributed by atoms with Gasteiger partial charge in [0.2, 0.25) is 0 Å². The molecule has 0 aliphatic carbocycles. The zero-order chi connectivity index (χ0) is 6.85. The van der Waals surface area contributed by atoms with E-state index in [0.717, 1.165) is 6.61 Å². The fraction of sp³-hybridized carbons (Fsp3) is 0.800. The largest absolute Gasteiger partial charge is 0.388 e. The fourth-order valence-electron chi connectivity index (χ4n) is 0.659. The SMILES string of the molecule is O[C@@H]1[C@H](O)[CH]OC[C@@H]1O. The molecule has 0 bridgehead atoms. The molecule has 1 aliphatic rings. The highest BCUT2D eigenvalue weighted by atomic mass is 16.5. The van der Waals surface area contributed by atoms with Crippen molar-refractivity contribution in [3.63, 3.8) is 0 Å². The molecule has 0 amide bonds. The first kappa shape index (κ1) is 6.95. The fourth-order valence-corrected chi connectivity index (χ4v) is 0.659. The maximum absolute atomic E-state index is 8.83. The summed E-state index contributed by atoms with van der Waals surface area (Å²) in [5, 5.41) is 26.4. The molecule has 0 saturated carbocycles. The van der Waals surface area contributed by atoms with Gasteiger partial charge in [-0.3, -0.25) is 0 Å². The summed E-state index contributed by atoms with van der Waals surface area (Å²) in [6.07, 6.45) is -3.13. The second-order valence-corrected chi connectivity index (χ2v) is 2.02. The Kier molecular flexibility index (Phi) is 2.02. The van der Waals surface area contributed by atoms with Crippen molar-refractivity contribution in [1.82, 2.24) is 0 Å². The molecule has 1 saturated heterocycles. The van der Waals surface area contributed by atoms with Gasteiger partial charge in [-0.05, 0) is 0 Å². The van der Waals surface area contributed by atoms with Crippen molar-refractivity contribution in [2.75, 3.05) is 6.61 Å². The maximum atomic E-state index is 8.83. The second kappa shape index (κ2) is 2.62. The third-order valence-corrected chi connectivity index (χ3v) is 1.25. The lowest BCUT2D eigenvalue weighted by Crippen LogP contribution is -2.44. The molecular weight excluding hydrogens is 124 g/mol. The van der Waals surface area contributed by atoms with Crippen LogP contribution in [0.15, 0.2) is 0 Å². The lowest BCUT2D eigenvalue weighted by atomic mass is 10.1. The Hall–Kier alpha value is -0.160. The first-order valence-electron chi connectivity index (χ1n) is 2.71. The van der Waals surface area contributed by atoms with Crippen LogP contribution in [0.2, 0.25) is 0 Å². The normalized spacial score (nSPS) is 45.0. The molecule has 0 spiro atoms. The monoisotopic (exact) mass is 133 g/mol.